The van der Waals surface area contributed by atoms with Gasteiger partial charge in [-0.1, -0.05) is 25.1 Å². The molecule has 0 spiro atoms. The largest absolute Gasteiger partial charge is 0.493 e. The first-order valence-corrected chi connectivity index (χ1v) is 8.35. The fraction of sp³-hybridized carbons (Fsp3) is 0.667. The molecule has 3 nitrogen and oxygen atoms in total. The SMILES string of the molecule is CCCOc1ccccc1C(CCC1CCCCO1)NC. The molecule has 0 radical (unpaired) electrons. The van der Waals surface area contributed by atoms with Crippen molar-refractivity contribution < 1.29 is 9.47 Å². The molecule has 0 bridgehead atoms. The van der Waals surface area contributed by atoms with E-state index in [4.69, 9.17) is 9.47 Å². The predicted octanol–water partition coefficient (Wildman–Crippen LogP) is 4.09. The number of hydrogen-bond donors (Lipinski definition) is 1. The summed E-state index contributed by atoms with van der Waals surface area (Å²) in [5.41, 5.74) is 1.27. The van der Waals surface area contributed by atoms with E-state index in [-0.39, 0.29) is 0 Å². The summed E-state index contributed by atoms with van der Waals surface area (Å²) in [7, 11) is 2.03. The lowest BCUT2D eigenvalue weighted by Crippen LogP contribution is -2.23. The number of nitrogens with one attached hydrogen (secondary N) is 1. The minimum absolute atomic E-state index is 0.337. The number of para-hydroxylation sites is 1. The van der Waals surface area contributed by atoms with Crippen LogP contribution in [0.2, 0.25) is 0 Å². The van der Waals surface area contributed by atoms with Gasteiger partial charge in [0.15, 0.2) is 0 Å². The monoisotopic (exact) mass is 291 g/mol. The van der Waals surface area contributed by atoms with Crippen LogP contribution in [-0.2, 0) is 4.74 Å². The van der Waals surface area contributed by atoms with Gasteiger partial charge in [0.2, 0.25) is 0 Å². The second-order valence-corrected chi connectivity index (χ2v) is 5.79. The summed E-state index contributed by atoms with van der Waals surface area (Å²) in [5, 5.41) is 3.44. The Labute approximate surface area is 129 Å². The van der Waals surface area contributed by atoms with E-state index in [0.29, 0.717) is 12.1 Å². The average Bonchev–Trinajstić information content (AvgIpc) is 2.55. The molecule has 0 aliphatic carbocycles. The van der Waals surface area contributed by atoms with Crippen LogP contribution in [0.1, 0.15) is 57.1 Å². The highest BCUT2D eigenvalue weighted by molar-refractivity contribution is 5.35. The lowest BCUT2D eigenvalue weighted by molar-refractivity contribution is 0.00862. The molecule has 2 atom stereocenters. The van der Waals surface area contributed by atoms with Crippen molar-refractivity contribution in [3.05, 3.63) is 29.8 Å². The Morgan fingerprint density at radius 2 is 2.19 bits per heavy atom. The molecular formula is C18H29NO2. The molecule has 2 rings (SSSR count). The first-order valence-electron chi connectivity index (χ1n) is 8.35. The van der Waals surface area contributed by atoms with E-state index in [9.17, 15) is 0 Å². The lowest BCUT2D eigenvalue weighted by atomic mass is 9.97. The second kappa shape index (κ2) is 9.06. The van der Waals surface area contributed by atoms with Crippen LogP contribution >= 0.6 is 0 Å². The topological polar surface area (TPSA) is 30.5 Å². The van der Waals surface area contributed by atoms with Gasteiger partial charge in [-0.3, -0.25) is 0 Å². The van der Waals surface area contributed by atoms with E-state index < -0.39 is 0 Å². The van der Waals surface area contributed by atoms with Crippen molar-refractivity contribution in [2.45, 2.75) is 57.6 Å². The van der Waals surface area contributed by atoms with Gasteiger partial charge in [-0.05, 0) is 51.6 Å². The van der Waals surface area contributed by atoms with Crippen molar-refractivity contribution in [1.29, 1.82) is 0 Å². The molecule has 1 aromatic rings. The molecule has 0 amide bonds. The number of hydrogen-bond acceptors (Lipinski definition) is 3. The zero-order valence-electron chi connectivity index (χ0n) is 13.4. The molecule has 1 fully saturated rings. The first-order chi connectivity index (χ1) is 10.3. The lowest BCUT2D eigenvalue weighted by Gasteiger charge is -2.25. The van der Waals surface area contributed by atoms with Crippen molar-refractivity contribution in [2.24, 2.45) is 0 Å². The third-order valence-electron chi connectivity index (χ3n) is 4.16. The Bertz CT molecular complexity index is 402. The quantitative estimate of drug-likeness (QED) is 0.782. The van der Waals surface area contributed by atoms with Gasteiger partial charge in [-0.25, -0.2) is 0 Å². The minimum Gasteiger partial charge on any atom is -0.493 e. The van der Waals surface area contributed by atoms with E-state index in [1.807, 2.05) is 13.1 Å². The van der Waals surface area contributed by atoms with E-state index in [0.717, 1.165) is 38.2 Å². The van der Waals surface area contributed by atoms with E-state index in [2.05, 4.69) is 30.4 Å². The molecule has 21 heavy (non-hydrogen) atoms. The van der Waals surface area contributed by atoms with Crippen LogP contribution in [0.5, 0.6) is 5.75 Å². The number of ether oxygens (including phenoxy) is 2. The summed E-state index contributed by atoms with van der Waals surface area (Å²) in [6.07, 6.45) is 7.43. The maximum absolute atomic E-state index is 5.89. The zero-order chi connectivity index (χ0) is 14.9. The fourth-order valence-electron chi connectivity index (χ4n) is 2.95. The molecule has 2 unspecified atom stereocenters. The van der Waals surface area contributed by atoms with Gasteiger partial charge in [0.1, 0.15) is 5.75 Å². The zero-order valence-corrected chi connectivity index (χ0v) is 13.4. The highest BCUT2D eigenvalue weighted by Crippen LogP contribution is 2.29. The Balaban J connectivity index is 1.95. The molecule has 0 saturated carbocycles. The summed E-state index contributed by atoms with van der Waals surface area (Å²) in [5.74, 6) is 1.02. The normalized spacial score (nSPS) is 20.2. The predicted molar refractivity (Wildman–Crippen MR) is 86.9 cm³/mol. The fourth-order valence-corrected chi connectivity index (χ4v) is 2.95. The standard InChI is InChI=1S/C18H29NO2/c1-3-13-21-18-10-5-4-9-16(18)17(19-2)12-11-15-8-6-7-14-20-15/h4-5,9-10,15,17,19H,3,6-8,11-14H2,1-2H3. The summed E-state index contributed by atoms with van der Waals surface area (Å²) in [6, 6.07) is 8.73. The smallest absolute Gasteiger partial charge is 0.124 e. The van der Waals surface area contributed by atoms with Crippen LogP contribution < -0.4 is 10.1 Å². The van der Waals surface area contributed by atoms with Gasteiger partial charge in [-0.15, -0.1) is 0 Å². The molecule has 3 heteroatoms. The highest BCUT2D eigenvalue weighted by Gasteiger charge is 2.19. The second-order valence-electron chi connectivity index (χ2n) is 5.79. The Hall–Kier alpha value is -1.06. The van der Waals surface area contributed by atoms with Crippen LogP contribution in [0.4, 0.5) is 0 Å². The molecule has 0 aromatic heterocycles. The van der Waals surface area contributed by atoms with Crippen molar-refractivity contribution in [2.75, 3.05) is 20.3 Å². The van der Waals surface area contributed by atoms with Gasteiger partial charge in [0.05, 0.1) is 12.7 Å². The Morgan fingerprint density at radius 1 is 1.33 bits per heavy atom. The average molecular weight is 291 g/mol. The van der Waals surface area contributed by atoms with Crippen LogP contribution in [0.3, 0.4) is 0 Å². The Morgan fingerprint density at radius 3 is 2.90 bits per heavy atom. The molecule has 1 aromatic carbocycles. The van der Waals surface area contributed by atoms with Gasteiger partial charge in [0.25, 0.3) is 0 Å². The first kappa shape index (κ1) is 16.3. The maximum atomic E-state index is 5.89. The van der Waals surface area contributed by atoms with Crippen molar-refractivity contribution in [3.63, 3.8) is 0 Å². The van der Waals surface area contributed by atoms with Crippen LogP contribution in [0, 0.1) is 0 Å². The molecule has 118 valence electrons. The van der Waals surface area contributed by atoms with Crippen LogP contribution in [0.15, 0.2) is 24.3 Å². The third-order valence-corrected chi connectivity index (χ3v) is 4.16. The number of benzene rings is 1. The van der Waals surface area contributed by atoms with Gasteiger partial charge in [0, 0.05) is 18.2 Å². The molecule has 1 aliphatic heterocycles. The van der Waals surface area contributed by atoms with Gasteiger partial charge >= 0.3 is 0 Å². The van der Waals surface area contributed by atoms with Crippen molar-refractivity contribution >= 4 is 0 Å². The summed E-state index contributed by atoms with van der Waals surface area (Å²) in [4.78, 5) is 0. The summed E-state index contributed by atoms with van der Waals surface area (Å²) < 4.78 is 11.7. The summed E-state index contributed by atoms with van der Waals surface area (Å²) >= 11 is 0. The number of rotatable bonds is 8. The van der Waals surface area contributed by atoms with Crippen LogP contribution in [-0.4, -0.2) is 26.4 Å². The summed E-state index contributed by atoms with van der Waals surface area (Å²) in [6.45, 7) is 3.85. The van der Waals surface area contributed by atoms with Gasteiger partial charge in [-0.2, -0.15) is 0 Å². The van der Waals surface area contributed by atoms with Crippen molar-refractivity contribution in [1.82, 2.24) is 5.32 Å². The van der Waals surface area contributed by atoms with E-state index >= 15 is 0 Å². The molecule has 1 saturated heterocycles. The third kappa shape index (κ3) is 5.01. The van der Waals surface area contributed by atoms with Crippen molar-refractivity contribution in [3.8, 4) is 5.75 Å². The van der Waals surface area contributed by atoms with Gasteiger partial charge < -0.3 is 14.8 Å². The van der Waals surface area contributed by atoms with E-state index in [1.54, 1.807) is 0 Å². The molecular weight excluding hydrogens is 262 g/mol. The molecule has 1 aliphatic rings. The molecule has 1 N–H and O–H groups in total. The van der Waals surface area contributed by atoms with E-state index in [1.165, 1.54) is 24.8 Å². The minimum atomic E-state index is 0.337. The maximum Gasteiger partial charge on any atom is 0.124 e. The van der Waals surface area contributed by atoms with Crippen LogP contribution in [0.25, 0.3) is 0 Å². The highest BCUT2D eigenvalue weighted by atomic mass is 16.5. The molecule has 1 heterocycles. The Kier molecular flexibility index (Phi) is 7.04.